The van der Waals surface area contributed by atoms with Gasteiger partial charge in [0.15, 0.2) is 0 Å². The Hall–Kier alpha value is -2.54. The lowest BCUT2D eigenvalue weighted by Crippen LogP contribution is -2.32. The molecule has 1 aliphatic heterocycles. The molecule has 1 unspecified atom stereocenters. The Kier molecular flexibility index (Phi) is 5.55. The maximum Gasteiger partial charge on any atom is 0.227 e. The van der Waals surface area contributed by atoms with Gasteiger partial charge < -0.3 is 14.5 Å². The standard InChI is InChI=1S/C18H23N5O2/c1-22(2)11-15-8-16(3-5-21-15)25-17-4-6-23(12-17)18(24)7-14-9-19-13-20-10-14/h3,5,8-10,13,17H,4,6-7,11-12H2,1-2H3. The Morgan fingerprint density at radius 1 is 1.36 bits per heavy atom. The van der Waals surface area contributed by atoms with E-state index in [0.717, 1.165) is 30.0 Å². The van der Waals surface area contributed by atoms with E-state index in [-0.39, 0.29) is 12.0 Å². The molecule has 132 valence electrons. The number of nitrogens with zero attached hydrogens (tertiary/aromatic N) is 5. The average Bonchev–Trinajstić information content (AvgIpc) is 3.04. The van der Waals surface area contributed by atoms with Crippen molar-refractivity contribution in [3.63, 3.8) is 0 Å². The molecule has 2 aromatic heterocycles. The molecule has 3 rings (SSSR count). The minimum absolute atomic E-state index is 0.0191. The molecule has 0 aliphatic carbocycles. The van der Waals surface area contributed by atoms with Gasteiger partial charge in [-0.15, -0.1) is 0 Å². The monoisotopic (exact) mass is 341 g/mol. The van der Waals surface area contributed by atoms with Gasteiger partial charge in [0, 0.05) is 44.2 Å². The van der Waals surface area contributed by atoms with Gasteiger partial charge in [0.1, 0.15) is 18.2 Å². The van der Waals surface area contributed by atoms with Gasteiger partial charge in [-0.25, -0.2) is 9.97 Å². The number of hydrogen-bond acceptors (Lipinski definition) is 6. The molecule has 0 saturated carbocycles. The van der Waals surface area contributed by atoms with E-state index in [9.17, 15) is 4.79 Å². The van der Waals surface area contributed by atoms with Crippen LogP contribution < -0.4 is 4.74 Å². The number of ether oxygens (including phenoxy) is 1. The quantitative estimate of drug-likeness (QED) is 0.785. The van der Waals surface area contributed by atoms with Crippen molar-refractivity contribution in [2.45, 2.75) is 25.5 Å². The molecule has 1 atom stereocenters. The fraction of sp³-hybridized carbons (Fsp3) is 0.444. The van der Waals surface area contributed by atoms with E-state index >= 15 is 0 Å². The molecule has 0 spiro atoms. The molecule has 1 amide bonds. The van der Waals surface area contributed by atoms with E-state index in [4.69, 9.17) is 4.74 Å². The predicted octanol–water partition coefficient (Wildman–Crippen LogP) is 1.16. The van der Waals surface area contributed by atoms with Crippen molar-refractivity contribution in [3.8, 4) is 5.75 Å². The first-order valence-corrected chi connectivity index (χ1v) is 8.38. The van der Waals surface area contributed by atoms with Gasteiger partial charge in [-0.3, -0.25) is 9.78 Å². The second-order valence-corrected chi connectivity index (χ2v) is 6.51. The fourth-order valence-corrected chi connectivity index (χ4v) is 2.89. The molecule has 2 aromatic rings. The van der Waals surface area contributed by atoms with Crippen LogP contribution in [0.25, 0.3) is 0 Å². The summed E-state index contributed by atoms with van der Waals surface area (Å²) in [5.41, 5.74) is 1.80. The van der Waals surface area contributed by atoms with E-state index < -0.39 is 0 Å². The third-order valence-corrected chi connectivity index (χ3v) is 4.04. The summed E-state index contributed by atoms with van der Waals surface area (Å²) in [7, 11) is 4.01. The van der Waals surface area contributed by atoms with Crippen molar-refractivity contribution in [2.24, 2.45) is 0 Å². The molecule has 1 aliphatic rings. The molecule has 0 bridgehead atoms. The molecule has 3 heterocycles. The first-order valence-electron chi connectivity index (χ1n) is 8.38. The van der Waals surface area contributed by atoms with Gasteiger partial charge in [0.2, 0.25) is 5.91 Å². The highest BCUT2D eigenvalue weighted by Crippen LogP contribution is 2.19. The van der Waals surface area contributed by atoms with E-state index in [2.05, 4.69) is 19.9 Å². The number of rotatable bonds is 6. The molecular weight excluding hydrogens is 318 g/mol. The number of likely N-dealkylation sites (tertiary alicyclic amines) is 1. The molecule has 7 nitrogen and oxygen atoms in total. The van der Waals surface area contributed by atoms with Crippen LogP contribution in [0, 0.1) is 0 Å². The Morgan fingerprint density at radius 2 is 2.16 bits per heavy atom. The second kappa shape index (κ2) is 8.02. The summed E-state index contributed by atoms with van der Waals surface area (Å²) in [5, 5.41) is 0. The minimum atomic E-state index is 0.0191. The number of carbonyl (C=O) groups excluding carboxylic acids is 1. The first kappa shape index (κ1) is 17.3. The molecular formula is C18H23N5O2. The fourth-order valence-electron chi connectivity index (χ4n) is 2.89. The number of amides is 1. The molecule has 0 radical (unpaired) electrons. The lowest BCUT2D eigenvalue weighted by atomic mass is 10.2. The Balaban J connectivity index is 1.53. The number of pyridine rings is 1. The molecule has 0 aromatic carbocycles. The highest BCUT2D eigenvalue weighted by Gasteiger charge is 2.27. The Labute approximate surface area is 147 Å². The van der Waals surface area contributed by atoms with Crippen molar-refractivity contribution in [3.05, 3.63) is 48.3 Å². The van der Waals surface area contributed by atoms with Crippen molar-refractivity contribution in [2.75, 3.05) is 27.2 Å². The summed E-state index contributed by atoms with van der Waals surface area (Å²) >= 11 is 0. The lowest BCUT2D eigenvalue weighted by Gasteiger charge is -2.17. The van der Waals surface area contributed by atoms with Crippen molar-refractivity contribution < 1.29 is 9.53 Å². The highest BCUT2D eigenvalue weighted by atomic mass is 16.5. The lowest BCUT2D eigenvalue weighted by molar-refractivity contribution is -0.129. The zero-order valence-corrected chi connectivity index (χ0v) is 14.6. The van der Waals surface area contributed by atoms with Crippen LogP contribution in [-0.2, 0) is 17.8 Å². The SMILES string of the molecule is CN(C)Cc1cc(OC2CCN(C(=O)Cc3cncnc3)C2)ccn1. The van der Waals surface area contributed by atoms with E-state index in [0.29, 0.717) is 19.5 Å². The van der Waals surface area contributed by atoms with E-state index in [1.54, 1.807) is 18.6 Å². The highest BCUT2D eigenvalue weighted by molar-refractivity contribution is 5.78. The molecule has 0 N–H and O–H groups in total. The Bertz CT molecular complexity index is 708. The number of hydrogen-bond donors (Lipinski definition) is 0. The maximum atomic E-state index is 12.4. The minimum Gasteiger partial charge on any atom is -0.488 e. The summed E-state index contributed by atoms with van der Waals surface area (Å²) in [6, 6.07) is 3.83. The van der Waals surface area contributed by atoms with Gasteiger partial charge in [0.25, 0.3) is 0 Å². The summed E-state index contributed by atoms with van der Waals surface area (Å²) in [6.45, 7) is 2.09. The zero-order chi connectivity index (χ0) is 17.6. The van der Waals surface area contributed by atoms with E-state index in [1.807, 2.05) is 31.1 Å². The average molecular weight is 341 g/mol. The van der Waals surface area contributed by atoms with Crippen molar-refractivity contribution in [1.82, 2.24) is 24.8 Å². The van der Waals surface area contributed by atoms with Gasteiger partial charge >= 0.3 is 0 Å². The third kappa shape index (κ3) is 4.96. The van der Waals surface area contributed by atoms with E-state index in [1.165, 1.54) is 6.33 Å². The number of carbonyl (C=O) groups is 1. The van der Waals surface area contributed by atoms with Crippen LogP contribution in [0.15, 0.2) is 37.1 Å². The van der Waals surface area contributed by atoms with Gasteiger partial charge in [-0.05, 0) is 25.7 Å². The van der Waals surface area contributed by atoms with Gasteiger partial charge in [0.05, 0.1) is 18.7 Å². The molecule has 25 heavy (non-hydrogen) atoms. The van der Waals surface area contributed by atoms with Crippen LogP contribution in [0.4, 0.5) is 0 Å². The topological polar surface area (TPSA) is 71.5 Å². The van der Waals surface area contributed by atoms with Crippen LogP contribution >= 0.6 is 0 Å². The normalized spacial score (nSPS) is 17.1. The van der Waals surface area contributed by atoms with Gasteiger partial charge in [-0.1, -0.05) is 0 Å². The first-order chi connectivity index (χ1) is 12.1. The van der Waals surface area contributed by atoms with Crippen molar-refractivity contribution >= 4 is 5.91 Å². The van der Waals surface area contributed by atoms with Gasteiger partial charge in [-0.2, -0.15) is 0 Å². The summed E-state index contributed by atoms with van der Waals surface area (Å²) in [6.07, 6.45) is 7.77. The Morgan fingerprint density at radius 3 is 2.92 bits per heavy atom. The van der Waals surface area contributed by atoms with Crippen LogP contribution in [0.3, 0.4) is 0 Å². The smallest absolute Gasteiger partial charge is 0.227 e. The third-order valence-electron chi connectivity index (χ3n) is 4.04. The van der Waals surface area contributed by atoms with Crippen LogP contribution in [-0.4, -0.2) is 63.9 Å². The summed E-state index contributed by atoms with van der Waals surface area (Å²) in [4.78, 5) is 28.5. The van der Waals surface area contributed by atoms with Crippen molar-refractivity contribution in [1.29, 1.82) is 0 Å². The maximum absolute atomic E-state index is 12.4. The summed E-state index contributed by atoms with van der Waals surface area (Å²) in [5.74, 6) is 0.895. The largest absolute Gasteiger partial charge is 0.488 e. The molecule has 7 heteroatoms. The van der Waals surface area contributed by atoms with Crippen LogP contribution in [0.5, 0.6) is 5.75 Å². The van der Waals surface area contributed by atoms with Crippen LogP contribution in [0.1, 0.15) is 17.7 Å². The molecule has 1 saturated heterocycles. The molecule has 1 fully saturated rings. The number of aromatic nitrogens is 3. The zero-order valence-electron chi connectivity index (χ0n) is 14.6. The van der Waals surface area contributed by atoms with Crippen LogP contribution in [0.2, 0.25) is 0 Å². The predicted molar refractivity (Wildman–Crippen MR) is 93.0 cm³/mol. The second-order valence-electron chi connectivity index (χ2n) is 6.51. The summed E-state index contributed by atoms with van der Waals surface area (Å²) < 4.78 is 6.05.